The van der Waals surface area contributed by atoms with Gasteiger partial charge in [0.05, 0.1) is 0 Å². The number of nitrogens with one attached hydrogen (secondary N) is 1. The number of halogens is 1. The van der Waals surface area contributed by atoms with Crippen LogP contribution in [0, 0.1) is 12.8 Å². The summed E-state index contributed by atoms with van der Waals surface area (Å²) in [6.45, 7) is 3.03. The van der Waals surface area contributed by atoms with Crippen molar-refractivity contribution < 1.29 is 9.59 Å². The largest absolute Gasteiger partial charge is 0.353 e. The second kappa shape index (κ2) is 7.99. The molecule has 0 spiro atoms. The zero-order valence-corrected chi connectivity index (χ0v) is 14.8. The monoisotopic (exact) mass is 351 g/mol. The van der Waals surface area contributed by atoms with E-state index in [2.05, 4.69) is 5.32 Å². The third-order valence-corrected chi connectivity index (χ3v) is 4.84. The molecule has 0 aromatic heterocycles. The smallest absolute Gasteiger partial charge is 0.242 e. The number of hydrogen-bond donors (Lipinski definition) is 2. The van der Waals surface area contributed by atoms with Crippen LogP contribution in [0.1, 0.15) is 36.8 Å². The number of benzene rings is 1. The lowest BCUT2D eigenvalue weighted by Gasteiger charge is -2.25. The maximum absolute atomic E-state index is 12.4. The van der Waals surface area contributed by atoms with Crippen molar-refractivity contribution in [2.24, 2.45) is 11.7 Å². The van der Waals surface area contributed by atoms with Crippen molar-refractivity contribution in [2.45, 2.75) is 51.2 Å². The fourth-order valence-electron chi connectivity index (χ4n) is 3.12. The van der Waals surface area contributed by atoms with Crippen LogP contribution >= 0.6 is 12.4 Å². The van der Waals surface area contributed by atoms with Crippen molar-refractivity contribution in [1.82, 2.24) is 10.2 Å². The first kappa shape index (κ1) is 18.7. The molecule has 1 heterocycles. The third kappa shape index (κ3) is 4.48. The highest BCUT2D eigenvalue weighted by atomic mass is 35.5. The summed E-state index contributed by atoms with van der Waals surface area (Å²) >= 11 is 0. The average Bonchev–Trinajstić information content (AvgIpc) is 3.33. The molecule has 1 saturated carbocycles. The van der Waals surface area contributed by atoms with E-state index in [0.717, 1.165) is 5.56 Å². The van der Waals surface area contributed by atoms with Crippen molar-refractivity contribution in [3.05, 3.63) is 35.4 Å². The lowest BCUT2D eigenvalue weighted by molar-refractivity contribution is -0.135. The van der Waals surface area contributed by atoms with Crippen LogP contribution in [0.5, 0.6) is 0 Å². The van der Waals surface area contributed by atoms with Gasteiger partial charge in [0.1, 0.15) is 6.04 Å². The Labute approximate surface area is 149 Å². The second-order valence-corrected chi connectivity index (χ2v) is 6.81. The summed E-state index contributed by atoms with van der Waals surface area (Å²) in [5.41, 5.74) is 8.27. The van der Waals surface area contributed by atoms with E-state index in [1.807, 2.05) is 31.2 Å². The Morgan fingerprint density at radius 3 is 2.58 bits per heavy atom. The molecule has 2 unspecified atom stereocenters. The molecule has 1 aromatic rings. The zero-order valence-electron chi connectivity index (χ0n) is 14.0. The summed E-state index contributed by atoms with van der Waals surface area (Å²) in [5, 5.41) is 2.93. The third-order valence-electron chi connectivity index (χ3n) is 4.84. The van der Waals surface area contributed by atoms with Crippen LogP contribution in [-0.4, -0.2) is 35.3 Å². The van der Waals surface area contributed by atoms with Gasteiger partial charge >= 0.3 is 0 Å². The number of nitrogens with two attached hydrogens (primary N) is 1. The summed E-state index contributed by atoms with van der Waals surface area (Å²) in [5.74, 6) is 0.542. The number of carbonyl (C=O) groups is 2. The molecule has 132 valence electrons. The fourth-order valence-corrected chi connectivity index (χ4v) is 3.12. The van der Waals surface area contributed by atoms with Crippen LogP contribution in [-0.2, 0) is 16.1 Å². The zero-order chi connectivity index (χ0) is 16.4. The molecule has 6 heteroatoms. The Balaban J connectivity index is 0.00000208. The van der Waals surface area contributed by atoms with E-state index >= 15 is 0 Å². The molecule has 3 N–H and O–H groups in total. The average molecular weight is 352 g/mol. The quantitative estimate of drug-likeness (QED) is 0.820. The standard InChI is InChI=1S/C18H25N3O2.ClH/c1-12-2-4-13(5-3-12)11-21-16(8-9-17(21)22)18(23)20-10-15(19)14-6-7-14;/h2-5,14-16H,6-11,19H2,1H3,(H,20,23);1H. The Hall–Kier alpha value is -1.59. The predicted molar refractivity (Wildman–Crippen MR) is 95.7 cm³/mol. The molecule has 1 aliphatic carbocycles. The second-order valence-electron chi connectivity index (χ2n) is 6.81. The van der Waals surface area contributed by atoms with Crippen LogP contribution in [0.2, 0.25) is 0 Å². The van der Waals surface area contributed by atoms with Gasteiger partial charge in [-0.3, -0.25) is 9.59 Å². The molecule has 1 saturated heterocycles. The molecule has 2 aliphatic rings. The Bertz CT molecular complexity index is 586. The molecule has 1 aliphatic heterocycles. The minimum Gasteiger partial charge on any atom is -0.353 e. The van der Waals surface area contributed by atoms with Crippen LogP contribution in [0.25, 0.3) is 0 Å². The van der Waals surface area contributed by atoms with Gasteiger partial charge in [0.25, 0.3) is 0 Å². The molecule has 2 atom stereocenters. The molecule has 2 amide bonds. The molecule has 1 aromatic carbocycles. The summed E-state index contributed by atoms with van der Waals surface area (Å²) in [6, 6.07) is 7.76. The summed E-state index contributed by atoms with van der Waals surface area (Å²) in [6.07, 6.45) is 3.37. The van der Waals surface area contributed by atoms with Crippen molar-refractivity contribution in [1.29, 1.82) is 0 Å². The Morgan fingerprint density at radius 2 is 1.96 bits per heavy atom. The minimum atomic E-state index is -0.366. The highest BCUT2D eigenvalue weighted by Gasteiger charge is 2.36. The van der Waals surface area contributed by atoms with Crippen LogP contribution in [0.4, 0.5) is 0 Å². The van der Waals surface area contributed by atoms with Crippen molar-refractivity contribution in [3.8, 4) is 0 Å². The lowest BCUT2D eigenvalue weighted by Crippen LogP contribution is -2.47. The predicted octanol–water partition coefficient (Wildman–Crippen LogP) is 1.76. The Kier molecular flexibility index (Phi) is 6.24. The van der Waals surface area contributed by atoms with Crippen molar-refractivity contribution >= 4 is 24.2 Å². The topological polar surface area (TPSA) is 75.4 Å². The van der Waals surface area contributed by atoms with E-state index in [1.165, 1.54) is 18.4 Å². The summed E-state index contributed by atoms with van der Waals surface area (Å²) < 4.78 is 0. The van der Waals surface area contributed by atoms with E-state index in [4.69, 9.17) is 5.73 Å². The van der Waals surface area contributed by atoms with Gasteiger partial charge in [0.15, 0.2) is 0 Å². The van der Waals surface area contributed by atoms with E-state index in [1.54, 1.807) is 4.90 Å². The number of nitrogens with zero attached hydrogens (tertiary/aromatic N) is 1. The highest BCUT2D eigenvalue weighted by molar-refractivity contribution is 5.90. The number of aryl methyl sites for hydroxylation is 1. The first-order valence-electron chi connectivity index (χ1n) is 8.43. The number of amides is 2. The van der Waals surface area contributed by atoms with E-state index in [0.29, 0.717) is 31.8 Å². The van der Waals surface area contributed by atoms with Crippen molar-refractivity contribution in [3.63, 3.8) is 0 Å². The van der Waals surface area contributed by atoms with E-state index in [9.17, 15) is 9.59 Å². The lowest BCUT2D eigenvalue weighted by atomic mass is 10.1. The minimum absolute atomic E-state index is 0. The highest BCUT2D eigenvalue weighted by Crippen LogP contribution is 2.31. The van der Waals surface area contributed by atoms with Gasteiger partial charge in [-0.25, -0.2) is 0 Å². The van der Waals surface area contributed by atoms with Crippen LogP contribution in [0.15, 0.2) is 24.3 Å². The SMILES string of the molecule is Cc1ccc(CN2C(=O)CCC2C(=O)NCC(N)C2CC2)cc1.Cl. The number of carbonyl (C=O) groups excluding carboxylic acids is 2. The summed E-state index contributed by atoms with van der Waals surface area (Å²) in [4.78, 5) is 26.3. The molecule has 24 heavy (non-hydrogen) atoms. The summed E-state index contributed by atoms with van der Waals surface area (Å²) in [7, 11) is 0. The van der Waals surface area contributed by atoms with Crippen molar-refractivity contribution in [2.75, 3.05) is 6.54 Å². The maximum Gasteiger partial charge on any atom is 0.242 e. The normalized spacial score (nSPS) is 21.3. The van der Waals surface area contributed by atoms with Gasteiger partial charge in [-0.2, -0.15) is 0 Å². The first-order chi connectivity index (χ1) is 11.0. The number of hydrogen-bond acceptors (Lipinski definition) is 3. The molecule has 3 rings (SSSR count). The molecular formula is C18H26ClN3O2. The van der Waals surface area contributed by atoms with Crippen LogP contribution < -0.4 is 11.1 Å². The van der Waals surface area contributed by atoms with Gasteiger partial charge in [-0.15, -0.1) is 12.4 Å². The fraction of sp³-hybridized carbons (Fsp3) is 0.556. The Morgan fingerprint density at radius 1 is 1.29 bits per heavy atom. The van der Waals surface area contributed by atoms with Gasteiger partial charge in [-0.05, 0) is 37.7 Å². The molecule has 5 nitrogen and oxygen atoms in total. The molecule has 0 bridgehead atoms. The van der Waals surface area contributed by atoms with E-state index < -0.39 is 0 Å². The molecule has 2 fully saturated rings. The number of rotatable bonds is 6. The van der Waals surface area contributed by atoms with Gasteiger partial charge in [0, 0.05) is 25.6 Å². The van der Waals surface area contributed by atoms with E-state index in [-0.39, 0.29) is 36.3 Å². The molecule has 0 radical (unpaired) electrons. The van der Waals surface area contributed by atoms with Gasteiger partial charge in [-0.1, -0.05) is 29.8 Å². The van der Waals surface area contributed by atoms with Gasteiger partial charge in [0.2, 0.25) is 11.8 Å². The van der Waals surface area contributed by atoms with Crippen LogP contribution in [0.3, 0.4) is 0 Å². The maximum atomic E-state index is 12.4. The first-order valence-corrected chi connectivity index (χ1v) is 8.43. The molecular weight excluding hydrogens is 326 g/mol. The number of likely N-dealkylation sites (tertiary alicyclic amines) is 1. The van der Waals surface area contributed by atoms with Gasteiger partial charge < -0.3 is 16.0 Å².